The van der Waals surface area contributed by atoms with Crippen molar-refractivity contribution in [3.05, 3.63) is 54.4 Å². The number of fused-ring (bicyclic) bond motifs is 1. The SMILES string of the molecule is FC(F)Oc1cc(Nc2cnc3cnn([C@H](c4ccccc4)C4COC4)c3n2)[nH]n1. The molecule has 0 radical (unpaired) electrons. The van der Waals surface area contributed by atoms with Crippen molar-refractivity contribution in [1.29, 1.82) is 0 Å². The summed E-state index contributed by atoms with van der Waals surface area (Å²) in [5.41, 5.74) is 2.36. The molecule has 1 aliphatic rings. The van der Waals surface area contributed by atoms with Gasteiger partial charge >= 0.3 is 6.61 Å². The van der Waals surface area contributed by atoms with E-state index in [1.807, 2.05) is 22.9 Å². The smallest absolute Gasteiger partial charge is 0.388 e. The van der Waals surface area contributed by atoms with Gasteiger partial charge in [0, 0.05) is 12.0 Å². The summed E-state index contributed by atoms with van der Waals surface area (Å²) >= 11 is 0. The van der Waals surface area contributed by atoms with Crippen LogP contribution >= 0.6 is 0 Å². The Morgan fingerprint density at radius 2 is 2.03 bits per heavy atom. The van der Waals surface area contributed by atoms with Gasteiger partial charge in [-0.15, -0.1) is 5.10 Å². The van der Waals surface area contributed by atoms with Crippen molar-refractivity contribution in [1.82, 2.24) is 29.9 Å². The minimum Gasteiger partial charge on any atom is -0.415 e. The second kappa shape index (κ2) is 7.67. The number of alkyl halides is 2. The molecular formula is C19H17F2N7O2. The molecule has 1 fully saturated rings. The van der Waals surface area contributed by atoms with Crippen LogP contribution in [-0.2, 0) is 4.74 Å². The monoisotopic (exact) mass is 413 g/mol. The minimum atomic E-state index is -2.95. The van der Waals surface area contributed by atoms with Gasteiger partial charge in [0.05, 0.1) is 31.6 Å². The minimum absolute atomic E-state index is 0.0415. The number of hydrogen-bond donors (Lipinski definition) is 2. The molecule has 0 bridgehead atoms. The zero-order chi connectivity index (χ0) is 20.5. The molecular weight excluding hydrogens is 396 g/mol. The maximum atomic E-state index is 12.3. The lowest BCUT2D eigenvalue weighted by molar-refractivity contribution is -0.0528. The van der Waals surface area contributed by atoms with Gasteiger partial charge in [0.25, 0.3) is 0 Å². The molecule has 11 heteroatoms. The van der Waals surface area contributed by atoms with E-state index in [1.54, 1.807) is 6.20 Å². The summed E-state index contributed by atoms with van der Waals surface area (Å²) in [6.45, 7) is -1.65. The second-order valence-corrected chi connectivity index (χ2v) is 6.83. The third-order valence-electron chi connectivity index (χ3n) is 4.84. The van der Waals surface area contributed by atoms with Crippen LogP contribution in [0, 0.1) is 5.92 Å². The van der Waals surface area contributed by atoms with E-state index in [-0.39, 0.29) is 17.8 Å². The first-order valence-electron chi connectivity index (χ1n) is 9.27. The van der Waals surface area contributed by atoms with Gasteiger partial charge in [-0.3, -0.25) is 5.10 Å². The van der Waals surface area contributed by atoms with Gasteiger partial charge in [0.15, 0.2) is 11.5 Å². The van der Waals surface area contributed by atoms with Gasteiger partial charge in [0.2, 0.25) is 5.88 Å². The lowest BCUT2D eigenvalue weighted by Gasteiger charge is -2.34. The number of rotatable bonds is 7. The molecule has 0 saturated carbocycles. The predicted molar refractivity (Wildman–Crippen MR) is 103 cm³/mol. The number of aromatic nitrogens is 6. The first-order chi connectivity index (χ1) is 14.7. The standard InChI is InChI=1S/C19H17F2N7O2/c20-19(21)30-16-6-14(26-27-16)24-15-8-22-13-7-23-28(18(13)25-15)17(12-9-29-10-12)11-4-2-1-3-5-11/h1-8,12,17,19H,9-10H2,(H2,24,25,26,27)/t17-/m1/s1. The highest BCUT2D eigenvalue weighted by atomic mass is 19.3. The molecule has 3 aromatic heterocycles. The summed E-state index contributed by atoms with van der Waals surface area (Å²) in [7, 11) is 0. The molecule has 1 saturated heterocycles. The maximum absolute atomic E-state index is 12.3. The van der Waals surface area contributed by atoms with Crippen LogP contribution in [0.5, 0.6) is 5.88 Å². The summed E-state index contributed by atoms with van der Waals surface area (Å²) in [6.07, 6.45) is 3.21. The normalized spacial score (nSPS) is 15.3. The van der Waals surface area contributed by atoms with Crippen molar-refractivity contribution in [3.63, 3.8) is 0 Å². The van der Waals surface area contributed by atoms with Gasteiger partial charge in [-0.2, -0.15) is 13.9 Å². The molecule has 4 aromatic rings. The van der Waals surface area contributed by atoms with Crippen LogP contribution in [0.15, 0.2) is 48.8 Å². The van der Waals surface area contributed by atoms with Gasteiger partial charge in [0.1, 0.15) is 11.3 Å². The molecule has 1 aliphatic heterocycles. The lowest BCUT2D eigenvalue weighted by atomic mass is 9.91. The van der Waals surface area contributed by atoms with Crippen LogP contribution in [0.4, 0.5) is 20.4 Å². The van der Waals surface area contributed by atoms with Crippen LogP contribution in [-0.4, -0.2) is 49.8 Å². The highest BCUT2D eigenvalue weighted by Gasteiger charge is 2.33. The average molecular weight is 413 g/mol. The van der Waals surface area contributed by atoms with Crippen LogP contribution in [0.3, 0.4) is 0 Å². The Balaban J connectivity index is 1.47. The Morgan fingerprint density at radius 1 is 1.20 bits per heavy atom. The van der Waals surface area contributed by atoms with Crippen molar-refractivity contribution >= 4 is 22.8 Å². The van der Waals surface area contributed by atoms with Crippen LogP contribution in [0.25, 0.3) is 11.2 Å². The predicted octanol–water partition coefficient (Wildman–Crippen LogP) is 3.13. The van der Waals surface area contributed by atoms with Gasteiger partial charge in [-0.25, -0.2) is 14.6 Å². The fraction of sp³-hybridized carbons (Fsp3) is 0.263. The average Bonchev–Trinajstić information content (AvgIpc) is 3.31. The van der Waals surface area contributed by atoms with Crippen molar-refractivity contribution in [3.8, 4) is 5.88 Å². The number of ether oxygens (including phenoxy) is 2. The second-order valence-electron chi connectivity index (χ2n) is 6.83. The Kier molecular flexibility index (Phi) is 4.71. The molecule has 0 aliphatic carbocycles. The number of aromatic amines is 1. The van der Waals surface area contributed by atoms with Gasteiger partial charge in [-0.1, -0.05) is 30.3 Å². The van der Waals surface area contributed by atoms with Crippen LogP contribution < -0.4 is 10.1 Å². The summed E-state index contributed by atoms with van der Waals surface area (Å²) in [6, 6.07) is 11.3. The zero-order valence-corrected chi connectivity index (χ0v) is 15.6. The fourth-order valence-electron chi connectivity index (χ4n) is 3.44. The van der Waals surface area contributed by atoms with Crippen molar-refractivity contribution in [2.45, 2.75) is 12.7 Å². The van der Waals surface area contributed by atoms with Gasteiger partial charge in [-0.05, 0) is 5.56 Å². The summed E-state index contributed by atoms with van der Waals surface area (Å²) in [5.74, 6) is 0.807. The Morgan fingerprint density at radius 3 is 2.77 bits per heavy atom. The number of anilines is 2. The quantitative estimate of drug-likeness (QED) is 0.480. The van der Waals surface area contributed by atoms with E-state index < -0.39 is 6.61 Å². The van der Waals surface area contributed by atoms with Crippen LogP contribution in [0.1, 0.15) is 11.6 Å². The molecule has 9 nitrogen and oxygen atoms in total. The molecule has 0 spiro atoms. The third kappa shape index (κ3) is 3.54. The number of hydrogen-bond acceptors (Lipinski definition) is 7. The number of H-pyrrole nitrogens is 1. The molecule has 1 aromatic carbocycles. The molecule has 30 heavy (non-hydrogen) atoms. The fourth-order valence-corrected chi connectivity index (χ4v) is 3.44. The molecule has 154 valence electrons. The number of benzene rings is 1. The van der Waals surface area contributed by atoms with Crippen molar-refractivity contribution in [2.24, 2.45) is 5.92 Å². The summed E-state index contributed by atoms with van der Waals surface area (Å²) in [5, 5.41) is 13.7. The summed E-state index contributed by atoms with van der Waals surface area (Å²) < 4.78 is 36.2. The number of halogens is 2. The highest BCUT2D eigenvalue weighted by Crippen LogP contribution is 2.33. The van der Waals surface area contributed by atoms with E-state index in [2.05, 4.69) is 47.5 Å². The molecule has 4 heterocycles. The maximum Gasteiger partial charge on any atom is 0.388 e. The Hall–Kier alpha value is -3.60. The number of nitrogens with zero attached hydrogens (tertiary/aromatic N) is 5. The topological polar surface area (TPSA) is 103 Å². The largest absolute Gasteiger partial charge is 0.415 e. The van der Waals surface area contributed by atoms with Gasteiger partial charge < -0.3 is 14.8 Å². The molecule has 0 amide bonds. The molecule has 0 unspecified atom stereocenters. The van der Waals surface area contributed by atoms with Crippen molar-refractivity contribution < 1.29 is 18.3 Å². The van der Waals surface area contributed by atoms with Crippen molar-refractivity contribution in [2.75, 3.05) is 18.5 Å². The Bertz CT molecular complexity index is 1140. The van der Waals surface area contributed by atoms with E-state index in [0.717, 1.165) is 5.56 Å². The first-order valence-corrected chi connectivity index (χ1v) is 9.27. The van der Waals surface area contributed by atoms with E-state index >= 15 is 0 Å². The summed E-state index contributed by atoms with van der Waals surface area (Å²) in [4.78, 5) is 9.04. The van der Waals surface area contributed by atoms with E-state index in [4.69, 9.17) is 4.74 Å². The molecule has 5 rings (SSSR count). The number of nitrogens with one attached hydrogen (secondary N) is 2. The highest BCUT2D eigenvalue weighted by molar-refractivity contribution is 5.72. The third-order valence-corrected chi connectivity index (χ3v) is 4.84. The lowest BCUT2D eigenvalue weighted by Crippen LogP contribution is -2.37. The van der Waals surface area contributed by atoms with E-state index in [9.17, 15) is 8.78 Å². The molecule has 1 atom stereocenters. The molecule has 2 N–H and O–H groups in total. The zero-order valence-electron chi connectivity index (χ0n) is 15.6. The van der Waals surface area contributed by atoms with E-state index in [0.29, 0.717) is 36.0 Å². The first kappa shape index (κ1) is 18.4. The van der Waals surface area contributed by atoms with E-state index in [1.165, 1.54) is 12.3 Å². The van der Waals surface area contributed by atoms with Crippen LogP contribution in [0.2, 0.25) is 0 Å². The Labute approximate surface area is 169 Å².